The van der Waals surface area contributed by atoms with Crippen molar-refractivity contribution >= 4 is 44.3 Å². The standard InChI is InChI=1S/C21H21ClN2O3S2/c22-17-9-6-16(7-10-17)12-24-18-13-29(26,27)14-19(18)28-21(24)23-20(25)11-8-15-4-2-1-3-5-15/h1-7,9-10,18-19H,8,11-14H2/t18-,19-/m1/s1. The second-order valence-corrected chi connectivity index (χ2v) is 11.1. The molecule has 1 amide bonds. The molecule has 0 spiro atoms. The Balaban J connectivity index is 1.51. The number of nitrogens with zero attached hydrogens (tertiary/aromatic N) is 2. The number of benzene rings is 2. The van der Waals surface area contributed by atoms with E-state index in [-0.39, 0.29) is 28.7 Å². The molecule has 2 aromatic rings. The summed E-state index contributed by atoms with van der Waals surface area (Å²) in [5, 5.41) is 1.20. The molecule has 0 saturated carbocycles. The number of amidine groups is 1. The highest BCUT2D eigenvalue weighted by Gasteiger charge is 2.48. The van der Waals surface area contributed by atoms with Crippen LogP contribution >= 0.6 is 23.4 Å². The number of rotatable bonds is 5. The van der Waals surface area contributed by atoms with Crippen molar-refractivity contribution in [3.63, 3.8) is 0 Å². The molecule has 5 nitrogen and oxygen atoms in total. The summed E-state index contributed by atoms with van der Waals surface area (Å²) < 4.78 is 24.2. The van der Waals surface area contributed by atoms with Crippen molar-refractivity contribution in [3.05, 3.63) is 70.7 Å². The third-order valence-electron chi connectivity index (χ3n) is 5.13. The minimum absolute atomic E-state index is 0.0760. The lowest BCUT2D eigenvalue weighted by molar-refractivity contribution is -0.117. The van der Waals surface area contributed by atoms with E-state index >= 15 is 0 Å². The van der Waals surface area contributed by atoms with Crippen LogP contribution in [0.25, 0.3) is 0 Å². The van der Waals surface area contributed by atoms with Crippen LogP contribution in [0.3, 0.4) is 0 Å². The summed E-state index contributed by atoms with van der Waals surface area (Å²) >= 11 is 7.39. The number of fused-ring (bicyclic) bond motifs is 1. The summed E-state index contributed by atoms with van der Waals surface area (Å²) in [5.41, 5.74) is 2.10. The Hall–Kier alpha value is -1.83. The lowest BCUT2D eigenvalue weighted by atomic mass is 10.1. The van der Waals surface area contributed by atoms with Gasteiger partial charge in [-0.1, -0.05) is 65.8 Å². The number of carbonyl (C=O) groups is 1. The van der Waals surface area contributed by atoms with Crippen molar-refractivity contribution < 1.29 is 13.2 Å². The van der Waals surface area contributed by atoms with Gasteiger partial charge in [0, 0.05) is 23.2 Å². The van der Waals surface area contributed by atoms with Gasteiger partial charge in [-0.2, -0.15) is 4.99 Å². The topological polar surface area (TPSA) is 66.8 Å². The SMILES string of the molecule is O=C(CCc1ccccc1)N=C1S[C@@H]2CS(=O)(=O)C[C@H]2N1Cc1ccc(Cl)cc1. The van der Waals surface area contributed by atoms with Crippen LogP contribution in [-0.4, -0.2) is 47.2 Å². The van der Waals surface area contributed by atoms with Crippen molar-refractivity contribution in [1.29, 1.82) is 0 Å². The number of carbonyl (C=O) groups excluding carboxylic acids is 1. The number of hydrogen-bond acceptors (Lipinski definition) is 4. The average Bonchev–Trinajstić information content (AvgIpc) is 3.15. The second kappa shape index (κ2) is 8.50. The number of thioether (sulfide) groups is 1. The molecule has 152 valence electrons. The maximum atomic E-state index is 12.5. The highest BCUT2D eigenvalue weighted by atomic mass is 35.5. The van der Waals surface area contributed by atoms with Gasteiger partial charge in [0.05, 0.1) is 17.5 Å². The van der Waals surface area contributed by atoms with Crippen molar-refractivity contribution in [1.82, 2.24) is 4.90 Å². The molecule has 29 heavy (non-hydrogen) atoms. The first-order valence-corrected chi connectivity index (χ1v) is 12.5. The number of halogens is 1. The molecule has 2 fully saturated rings. The lowest BCUT2D eigenvalue weighted by Gasteiger charge is -2.24. The van der Waals surface area contributed by atoms with Gasteiger partial charge in [-0.15, -0.1) is 0 Å². The largest absolute Gasteiger partial charge is 0.342 e. The molecule has 8 heteroatoms. The Morgan fingerprint density at radius 3 is 2.52 bits per heavy atom. The van der Waals surface area contributed by atoms with Crippen molar-refractivity contribution in [3.8, 4) is 0 Å². The van der Waals surface area contributed by atoms with E-state index in [1.165, 1.54) is 11.8 Å². The summed E-state index contributed by atoms with van der Waals surface area (Å²) in [6.07, 6.45) is 0.968. The first kappa shape index (κ1) is 20.4. The molecule has 4 rings (SSSR count). The minimum Gasteiger partial charge on any atom is -0.342 e. The highest BCUT2D eigenvalue weighted by molar-refractivity contribution is 8.15. The van der Waals surface area contributed by atoms with Gasteiger partial charge in [-0.05, 0) is 29.7 Å². The van der Waals surface area contributed by atoms with Crippen LogP contribution in [0.4, 0.5) is 0 Å². The van der Waals surface area contributed by atoms with Gasteiger partial charge in [0.1, 0.15) is 0 Å². The molecular weight excluding hydrogens is 428 g/mol. The molecule has 2 atom stereocenters. The maximum absolute atomic E-state index is 12.5. The normalized spacial score (nSPS) is 24.0. The zero-order valence-corrected chi connectivity index (χ0v) is 18.1. The molecule has 0 N–H and O–H groups in total. The van der Waals surface area contributed by atoms with Crippen LogP contribution in [0, 0.1) is 0 Å². The zero-order valence-electron chi connectivity index (χ0n) is 15.7. The molecule has 0 unspecified atom stereocenters. The van der Waals surface area contributed by atoms with Crippen LogP contribution in [-0.2, 0) is 27.6 Å². The van der Waals surface area contributed by atoms with E-state index < -0.39 is 9.84 Å². The van der Waals surface area contributed by atoms with Crippen molar-refractivity contribution in [2.24, 2.45) is 4.99 Å². The van der Waals surface area contributed by atoms with Gasteiger partial charge >= 0.3 is 0 Å². The Labute approximate surface area is 180 Å². The fraction of sp³-hybridized carbons (Fsp3) is 0.333. The van der Waals surface area contributed by atoms with Gasteiger partial charge < -0.3 is 4.90 Å². The quantitative estimate of drug-likeness (QED) is 0.699. The third kappa shape index (κ3) is 5.02. The molecule has 0 bridgehead atoms. The molecule has 2 aromatic carbocycles. The van der Waals surface area contributed by atoms with Crippen molar-refractivity contribution in [2.45, 2.75) is 30.7 Å². The summed E-state index contributed by atoms with van der Waals surface area (Å²) in [4.78, 5) is 18.8. The lowest BCUT2D eigenvalue weighted by Crippen LogP contribution is -2.37. The zero-order chi connectivity index (χ0) is 20.4. The first-order chi connectivity index (χ1) is 13.9. The first-order valence-electron chi connectivity index (χ1n) is 9.43. The van der Waals surface area contributed by atoms with Gasteiger partial charge in [0.15, 0.2) is 15.0 Å². The Bertz CT molecular complexity index is 1020. The number of aryl methyl sites for hydroxylation is 1. The van der Waals surface area contributed by atoms with E-state index in [0.717, 1.165) is 11.1 Å². The predicted molar refractivity (Wildman–Crippen MR) is 118 cm³/mol. The molecule has 2 aliphatic heterocycles. The maximum Gasteiger partial charge on any atom is 0.248 e. The Morgan fingerprint density at radius 1 is 1.07 bits per heavy atom. The minimum atomic E-state index is -3.06. The number of hydrogen-bond donors (Lipinski definition) is 0. The van der Waals surface area contributed by atoms with Gasteiger partial charge in [0.2, 0.25) is 5.91 Å². The van der Waals surface area contributed by atoms with Crippen LogP contribution < -0.4 is 0 Å². The van der Waals surface area contributed by atoms with E-state index in [4.69, 9.17) is 11.6 Å². The van der Waals surface area contributed by atoms with Crippen LogP contribution in [0.2, 0.25) is 5.02 Å². The monoisotopic (exact) mass is 448 g/mol. The van der Waals surface area contributed by atoms with E-state index in [0.29, 0.717) is 29.6 Å². The van der Waals surface area contributed by atoms with Gasteiger partial charge in [-0.25, -0.2) is 8.42 Å². The van der Waals surface area contributed by atoms with Crippen LogP contribution in [0.1, 0.15) is 17.5 Å². The number of sulfone groups is 1. The number of aliphatic imine (C=N–C) groups is 1. The summed E-state index contributed by atoms with van der Waals surface area (Å²) in [6, 6.07) is 17.1. The van der Waals surface area contributed by atoms with E-state index in [1.54, 1.807) is 0 Å². The van der Waals surface area contributed by atoms with Crippen molar-refractivity contribution in [2.75, 3.05) is 11.5 Å². The molecule has 2 saturated heterocycles. The smallest absolute Gasteiger partial charge is 0.248 e. The fourth-order valence-electron chi connectivity index (χ4n) is 3.67. The molecule has 2 heterocycles. The average molecular weight is 449 g/mol. The summed E-state index contributed by atoms with van der Waals surface area (Å²) in [5.74, 6) is 0.0619. The van der Waals surface area contributed by atoms with E-state index in [9.17, 15) is 13.2 Å². The number of amides is 1. The predicted octanol–water partition coefficient (Wildman–Crippen LogP) is 3.57. The fourth-order valence-corrected chi connectivity index (χ4v) is 7.76. The summed E-state index contributed by atoms with van der Waals surface area (Å²) in [7, 11) is -3.06. The van der Waals surface area contributed by atoms with Gasteiger partial charge in [0.25, 0.3) is 0 Å². The molecular formula is C21H21ClN2O3S2. The van der Waals surface area contributed by atoms with E-state index in [1.807, 2.05) is 59.5 Å². The Morgan fingerprint density at radius 2 is 1.79 bits per heavy atom. The third-order valence-corrected chi connectivity index (χ3v) is 8.63. The Kier molecular flexibility index (Phi) is 5.99. The summed E-state index contributed by atoms with van der Waals surface area (Å²) in [6.45, 7) is 0.506. The second-order valence-electron chi connectivity index (χ2n) is 7.33. The van der Waals surface area contributed by atoms with Crippen LogP contribution in [0.5, 0.6) is 0 Å². The van der Waals surface area contributed by atoms with E-state index in [2.05, 4.69) is 4.99 Å². The molecule has 0 radical (unpaired) electrons. The molecule has 2 aliphatic rings. The van der Waals surface area contributed by atoms with Crippen LogP contribution in [0.15, 0.2) is 59.6 Å². The molecule has 0 aromatic heterocycles. The van der Waals surface area contributed by atoms with Gasteiger partial charge in [-0.3, -0.25) is 4.79 Å². The molecule has 0 aliphatic carbocycles. The highest BCUT2D eigenvalue weighted by Crippen LogP contribution is 2.39.